The average Bonchev–Trinajstić information content (AvgIpc) is 2.66. The lowest BCUT2D eigenvalue weighted by molar-refractivity contribution is -0.133. The number of carbonyl (C=O) groups is 1. The van der Waals surface area contributed by atoms with Crippen LogP contribution in [-0.2, 0) is 19.4 Å². The predicted octanol–water partition coefficient (Wildman–Crippen LogP) is 0.845. The van der Waals surface area contributed by atoms with E-state index in [2.05, 4.69) is 0 Å². The van der Waals surface area contributed by atoms with Gasteiger partial charge in [-0.05, 0) is 44.0 Å². The second-order valence-electron chi connectivity index (χ2n) is 6.18. The van der Waals surface area contributed by atoms with Crippen LogP contribution in [0.2, 0.25) is 0 Å². The highest BCUT2D eigenvalue weighted by atomic mass is 32.2. The number of carbonyl (C=O) groups excluding carboxylic acids is 1. The minimum atomic E-state index is -4.00. The summed E-state index contributed by atoms with van der Waals surface area (Å²) in [5.41, 5.74) is 1.56. The summed E-state index contributed by atoms with van der Waals surface area (Å²) < 4.78 is 35.2. The highest BCUT2D eigenvalue weighted by Gasteiger charge is 2.52. The topological polar surface area (TPSA) is 105 Å². The third-order valence-electron chi connectivity index (χ3n) is 4.75. The van der Waals surface area contributed by atoms with Gasteiger partial charge in [0.25, 0.3) is 5.91 Å². The van der Waals surface area contributed by atoms with E-state index in [0.717, 1.165) is 0 Å². The van der Waals surface area contributed by atoms with Crippen molar-refractivity contribution in [3.05, 3.63) is 24.3 Å². The first-order valence-corrected chi connectivity index (χ1v) is 10.0. The minimum Gasteiger partial charge on any atom is -0.494 e. The molecular weight excluding hydrogens is 360 g/mol. The number of hydrogen-bond acceptors (Lipinski definition) is 7. The Labute approximate surface area is 154 Å². The maximum Gasteiger partial charge on any atom is 0.265 e. The van der Waals surface area contributed by atoms with Gasteiger partial charge in [0.15, 0.2) is 14.6 Å². The molecule has 0 unspecified atom stereocenters. The van der Waals surface area contributed by atoms with Gasteiger partial charge in [-0.25, -0.2) is 13.9 Å². The second-order valence-corrected chi connectivity index (χ2v) is 8.44. The third-order valence-corrected chi connectivity index (χ3v) is 7.27. The summed E-state index contributed by atoms with van der Waals surface area (Å²) in [6.07, 6.45) is 0.192. The van der Waals surface area contributed by atoms with Gasteiger partial charge >= 0.3 is 0 Å². The number of hydroxylamine groups is 1. The lowest BCUT2D eigenvalue weighted by atomic mass is 9.95. The van der Waals surface area contributed by atoms with Crippen molar-refractivity contribution in [2.24, 2.45) is 0 Å². The number of amides is 1. The van der Waals surface area contributed by atoms with E-state index in [0.29, 0.717) is 38.6 Å². The van der Waals surface area contributed by atoms with E-state index in [-0.39, 0.29) is 17.7 Å². The smallest absolute Gasteiger partial charge is 0.265 e. The monoisotopic (exact) mass is 386 g/mol. The second kappa shape index (κ2) is 8.81. The van der Waals surface area contributed by atoms with Gasteiger partial charge in [-0.15, -0.1) is 0 Å². The van der Waals surface area contributed by atoms with E-state index in [9.17, 15) is 13.2 Å². The van der Waals surface area contributed by atoms with Gasteiger partial charge < -0.3 is 14.4 Å². The SMILES string of the molecule is CCOc1ccc(S(=O)(=O)C2(C(=O)NO)CCN(CCOC)CC2)cc1. The number of piperidine rings is 1. The summed E-state index contributed by atoms with van der Waals surface area (Å²) in [6.45, 7) is 4.35. The van der Waals surface area contributed by atoms with Gasteiger partial charge in [0.2, 0.25) is 0 Å². The highest BCUT2D eigenvalue weighted by molar-refractivity contribution is 7.93. The highest BCUT2D eigenvalue weighted by Crippen LogP contribution is 2.36. The molecule has 1 amide bonds. The summed E-state index contributed by atoms with van der Waals surface area (Å²) in [5.74, 6) is -0.334. The Bertz CT molecular complexity index is 696. The molecule has 1 aliphatic rings. The fourth-order valence-electron chi connectivity index (χ4n) is 3.19. The maximum atomic E-state index is 13.2. The molecule has 0 radical (unpaired) electrons. The fraction of sp³-hybridized carbons (Fsp3) is 0.588. The third kappa shape index (κ3) is 4.01. The van der Waals surface area contributed by atoms with Crippen molar-refractivity contribution >= 4 is 15.7 Å². The number of likely N-dealkylation sites (tertiary alicyclic amines) is 1. The summed E-state index contributed by atoms with van der Waals surface area (Å²) in [7, 11) is -2.40. The molecule has 1 aromatic carbocycles. The Morgan fingerprint density at radius 1 is 1.27 bits per heavy atom. The summed E-state index contributed by atoms with van der Waals surface area (Å²) in [4.78, 5) is 14.5. The van der Waals surface area contributed by atoms with E-state index in [1.54, 1.807) is 24.7 Å². The van der Waals surface area contributed by atoms with Gasteiger partial charge in [0.1, 0.15) is 5.75 Å². The van der Waals surface area contributed by atoms with E-state index < -0.39 is 20.5 Å². The van der Waals surface area contributed by atoms with E-state index in [4.69, 9.17) is 14.7 Å². The van der Waals surface area contributed by atoms with Gasteiger partial charge in [-0.2, -0.15) is 0 Å². The van der Waals surface area contributed by atoms with Gasteiger partial charge in [0, 0.05) is 26.7 Å². The zero-order chi connectivity index (χ0) is 19.2. The van der Waals surface area contributed by atoms with E-state index in [1.807, 2.05) is 11.8 Å². The fourth-order valence-corrected chi connectivity index (χ4v) is 5.14. The van der Waals surface area contributed by atoms with Crippen molar-refractivity contribution in [2.45, 2.75) is 29.4 Å². The molecule has 9 heteroatoms. The summed E-state index contributed by atoms with van der Waals surface area (Å²) >= 11 is 0. The Morgan fingerprint density at radius 2 is 1.88 bits per heavy atom. The van der Waals surface area contributed by atoms with E-state index in [1.165, 1.54) is 12.1 Å². The Morgan fingerprint density at radius 3 is 2.38 bits per heavy atom. The molecule has 1 saturated heterocycles. The van der Waals surface area contributed by atoms with Crippen LogP contribution in [0.1, 0.15) is 19.8 Å². The van der Waals surface area contributed by atoms with Crippen molar-refractivity contribution < 1.29 is 27.9 Å². The molecule has 1 fully saturated rings. The van der Waals surface area contributed by atoms with Crippen LogP contribution >= 0.6 is 0 Å². The maximum absolute atomic E-state index is 13.2. The van der Waals surface area contributed by atoms with Crippen LogP contribution < -0.4 is 10.2 Å². The van der Waals surface area contributed by atoms with E-state index >= 15 is 0 Å². The molecular formula is C17H26N2O6S. The van der Waals surface area contributed by atoms with Crippen molar-refractivity contribution in [1.29, 1.82) is 0 Å². The first-order chi connectivity index (χ1) is 12.4. The molecule has 0 spiro atoms. The number of hydrogen-bond donors (Lipinski definition) is 2. The lowest BCUT2D eigenvalue weighted by Gasteiger charge is -2.39. The first kappa shape index (κ1) is 20.6. The number of nitrogens with one attached hydrogen (secondary N) is 1. The molecule has 1 heterocycles. The number of sulfone groups is 1. The first-order valence-electron chi connectivity index (χ1n) is 8.54. The van der Waals surface area contributed by atoms with Gasteiger partial charge in [0.05, 0.1) is 18.1 Å². The molecule has 0 atom stereocenters. The molecule has 2 N–H and O–H groups in total. The minimum absolute atomic E-state index is 0.0369. The van der Waals surface area contributed by atoms with Crippen molar-refractivity contribution in [1.82, 2.24) is 10.4 Å². The van der Waals surface area contributed by atoms with Crippen LogP contribution in [0.25, 0.3) is 0 Å². The quantitative estimate of drug-likeness (QED) is 0.504. The van der Waals surface area contributed by atoms with Crippen LogP contribution in [0.5, 0.6) is 5.75 Å². The molecule has 1 aliphatic heterocycles. The van der Waals surface area contributed by atoms with Gasteiger partial charge in [-0.1, -0.05) is 0 Å². The largest absolute Gasteiger partial charge is 0.494 e. The average molecular weight is 386 g/mol. The number of benzene rings is 1. The van der Waals surface area contributed by atoms with Crippen LogP contribution in [0.4, 0.5) is 0 Å². The van der Waals surface area contributed by atoms with Crippen molar-refractivity contribution in [3.63, 3.8) is 0 Å². The number of rotatable bonds is 8. The number of methoxy groups -OCH3 is 1. The van der Waals surface area contributed by atoms with Crippen LogP contribution in [0, 0.1) is 0 Å². The normalized spacial score (nSPS) is 17.7. The van der Waals surface area contributed by atoms with Gasteiger partial charge in [-0.3, -0.25) is 10.0 Å². The molecule has 1 aromatic rings. The van der Waals surface area contributed by atoms with Crippen LogP contribution in [0.3, 0.4) is 0 Å². The Balaban J connectivity index is 2.30. The van der Waals surface area contributed by atoms with Crippen LogP contribution in [-0.4, -0.2) is 69.1 Å². The van der Waals surface area contributed by atoms with Crippen LogP contribution in [0.15, 0.2) is 29.2 Å². The summed E-state index contributed by atoms with van der Waals surface area (Å²) in [6, 6.07) is 6.00. The molecule has 26 heavy (non-hydrogen) atoms. The van der Waals surface area contributed by atoms with Crippen molar-refractivity contribution in [3.8, 4) is 5.75 Å². The molecule has 0 bridgehead atoms. The molecule has 2 rings (SSSR count). The number of nitrogens with zero attached hydrogens (tertiary/aromatic N) is 1. The van der Waals surface area contributed by atoms with Crippen molar-refractivity contribution in [2.75, 3.05) is 40.0 Å². The summed E-state index contributed by atoms with van der Waals surface area (Å²) in [5, 5.41) is 9.17. The standard InChI is InChI=1S/C17H26N2O6S/c1-3-25-14-4-6-15(7-5-14)26(22,23)17(16(20)18-21)8-10-19(11-9-17)12-13-24-2/h4-7,21H,3,8-13H2,1-2H3,(H,18,20). The molecule has 0 aliphatic carbocycles. The molecule has 146 valence electrons. The molecule has 0 saturated carbocycles. The number of ether oxygens (including phenoxy) is 2. The zero-order valence-electron chi connectivity index (χ0n) is 15.1. The Hall–Kier alpha value is -1.68. The lowest BCUT2D eigenvalue weighted by Crippen LogP contribution is -2.57. The Kier molecular flexibility index (Phi) is 6.99. The molecule has 8 nitrogen and oxygen atoms in total. The molecule has 0 aromatic heterocycles. The predicted molar refractivity (Wildman–Crippen MR) is 95.0 cm³/mol. The zero-order valence-corrected chi connectivity index (χ0v) is 15.9.